The van der Waals surface area contributed by atoms with Gasteiger partial charge in [0, 0.05) is 30.8 Å². The number of anilines is 1. The SMILES string of the molecule is CCC1(C)CC(N2CC(CCN)c3ccccc32)CCO1. The van der Waals surface area contributed by atoms with Crippen LogP contribution in [0.4, 0.5) is 5.69 Å². The van der Waals surface area contributed by atoms with Crippen LogP contribution in [0.2, 0.25) is 0 Å². The zero-order valence-corrected chi connectivity index (χ0v) is 13.3. The number of ether oxygens (including phenoxy) is 1. The average Bonchev–Trinajstić information content (AvgIpc) is 2.87. The summed E-state index contributed by atoms with van der Waals surface area (Å²) in [6, 6.07) is 9.49. The van der Waals surface area contributed by atoms with Crippen molar-refractivity contribution in [3.05, 3.63) is 29.8 Å². The molecule has 3 nitrogen and oxygen atoms in total. The fourth-order valence-electron chi connectivity index (χ4n) is 3.94. The monoisotopic (exact) mass is 288 g/mol. The predicted octanol–water partition coefficient (Wildman–Crippen LogP) is 3.29. The van der Waals surface area contributed by atoms with Gasteiger partial charge in [0.1, 0.15) is 0 Å². The molecule has 2 aliphatic heterocycles. The maximum absolute atomic E-state index is 6.02. The van der Waals surface area contributed by atoms with E-state index in [9.17, 15) is 0 Å². The summed E-state index contributed by atoms with van der Waals surface area (Å²) in [5.41, 5.74) is 8.79. The van der Waals surface area contributed by atoms with Crippen molar-refractivity contribution in [3.8, 4) is 0 Å². The largest absolute Gasteiger partial charge is 0.375 e. The summed E-state index contributed by atoms with van der Waals surface area (Å²) in [6.07, 6.45) is 4.44. The molecule has 3 heteroatoms. The molecule has 21 heavy (non-hydrogen) atoms. The molecule has 3 unspecified atom stereocenters. The van der Waals surface area contributed by atoms with E-state index in [2.05, 4.69) is 43.0 Å². The zero-order valence-electron chi connectivity index (χ0n) is 13.3. The van der Waals surface area contributed by atoms with E-state index in [4.69, 9.17) is 10.5 Å². The zero-order chi connectivity index (χ0) is 14.9. The summed E-state index contributed by atoms with van der Waals surface area (Å²) < 4.78 is 6.02. The number of fused-ring (bicyclic) bond motifs is 1. The first-order valence-corrected chi connectivity index (χ1v) is 8.36. The molecule has 0 amide bonds. The number of hydrogen-bond acceptors (Lipinski definition) is 3. The van der Waals surface area contributed by atoms with Gasteiger partial charge in [-0.1, -0.05) is 25.1 Å². The van der Waals surface area contributed by atoms with Gasteiger partial charge >= 0.3 is 0 Å². The van der Waals surface area contributed by atoms with Crippen LogP contribution >= 0.6 is 0 Å². The second-order valence-electron chi connectivity index (χ2n) is 6.78. The highest BCUT2D eigenvalue weighted by Gasteiger charge is 2.38. The molecule has 116 valence electrons. The summed E-state index contributed by atoms with van der Waals surface area (Å²) in [5.74, 6) is 0.599. The van der Waals surface area contributed by atoms with Crippen molar-refractivity contribution in [2.75, 3.05) is 24.6 Å². The summed E-state index contributed by atoms with van der Waals surface area (Å²) in [6.45, 7) is 7.28. The molecular formula is C18H28N2O. The second kappa shape index (κ2) is 5.98. The molecule has 0 aliphatic carbocycles. The molecule has 1 saturated heterocycles. The molecule has 3 atom stereocenters. The third-order valence-electron chi connectivity index (χ3n) is 5.38. The van der Waals surface area contributed by atoms with Crippen LogP contribution in [0.5, 0.6) is 0 Å². The third kappa shape index (κ3) is 2.82. The van der Waals surface area contributed by atoms with Gasteiger partial charge in [-0.3, -0.25) is 0 Å². The third-order valence-corrected chi connectivity index (χ3v) is 5.38. The smallest absolute Gasteiger partial charge is 0.0671 e. The summed E-state index contributed by atoms with van der Waals surface area (Å²) in [5, 5.41) is 0. The second-order valence-corrected chi connectivity index (χ2v) is 6.78. The summed E-state index contributed by atoms with van der Waals surface area (Å²) >= 11 is 0. The Morgan fingerprint density at radius 2 is 2.19 bits per heavy atom. The number of nitrogens with zero attached hydrogens (tertiary/aromatic N) is 1. The van der Waals surface area contributed by atoms with E-state index in [0.717, 1.165) is 45.4 Å². The van der Waals surface area contributed by atoms with Crippen LogP contribution in [0.3, 0.4) is 0 Å². The molecule has 1 fully saturated rings. The first kappa shape index (κ1) is 14.9. The van der Waals surface area contributed by atoms with Crippen LogP contribution in [0, 0.1) is 0 Å². The maximum Gasteiger partial charge on any atom is 0.0671 e. The Morgan fingerprint density at radius 3 is 2.95 bits per heavy atom. The van der Waals surface area contributed by atoms with Crippen molar-refractivity contribution in [1.29, 1.82) is 0 Å². The highest BCUT2D eigenvalue weighted by molar-refractivity contribution is 5.61. The molecule has 2 heterocycles. The minimum absolute atomic E-state index is 0.0455. The molecule has 0 spiro atoms. The number of nitrogens with two attached hydrogens (primary N) is 1. The van der Waals surface area contributed by atoms with Crippen LogP contribution < -0.4 is 10.6 Å². The van der Waals surface area contributed by atoms with Crippen molar-refractivity contribution < 1.29 is 4.74 Å². The number of rotatable bonds is 4. The quantitative estimate of drug-likeness (QED) is 0.924. The highest BCUT2D eigenvalue weighted by Crippen LogP contribution is 2.42. The van der Waals surface area contributed by atoms with Crippen molar-refractivity contribution in [3.63, 3.8) is 0 Å². The van der Waals surface area contributed by atoms with Gasteiger partial charge in [0.15, 0.2) is 0 Å². The molecule has 1 aromatic rings. The Balaban J connectivity index is 1.83. The van der Waals surface area contributed by atoms with E-state index in [-0.39, 0.29) is 5.60 Å². The molecule has 3 rings (SSSR count). The van der Waals surface area contributed by atoms with E-state index in [1.807, 2.05) is 0 Å². The summed E-state index contributed by atoms with van der Waals surface area (Å²) in [7, 11) is 0. The van der Waals surface area contributed by atoms with E-state index < -0.39 is 0 Å². The molecule has 0 radical (unpaired) electrons. The predicted molar refractivity (Wildman–Crippen MR) is 87.9 cm³/mol. The lowest BCUT2D eigenvalue weighted by molar-refractivity contribution is -0.0741. The van der Waals surface area contributed by atoms with Gasteiger partial charge in [-0.2, -0.15) is 0 Å². The van der Waals surface area contributed by atoms with Gasteiger partial charge < -0.3 is 15.4 Å². The van der Waals surface area contributed by atoms with Gasteiger partial charge in [-0.15, -0.1) is 0 Å². The van der Waals surface area contributed by atoms with Gasteiger partial charge in [-0.25, -0.2) is 0 Å². The van der Waals surface area contributed by atoms with Crippen LogP contribution in [0.1, 0.15) is 51.0 Å². The first-order chi connectivity index (χ1) is 10.2. The van der Waals surface area contributed by atoms with Gasteiger partial charge in [0.05, 0.1) is 5.60 Å². The Kier molecular flexibility index (Phi) is 4.23. The molecule has 1 aromatic carbocycles. The normalized spacial score (nSPS) is 32.2. The molecule has 2 N–H and O–H groups in total. The van der Waals surface area contributed by atoms with E-state index >= 15 is 0 Å². The fraction of sp³-hybridized carbons (Fsp3) is 0.667. The van der Waals surface area contributed by atoms with Crippen LogP contribution in [-0.2, 0) is 4.74 Å². The van der Waals surface area contributed by atoms with Crippen LogP contribution in [-0.4, -0.2) is 31.3 Å². The Hall–Kier alpha value is -1.06. The van der Waals surface area contributed by atoms with Crippen molar-refractivity contribution in [2.24, 2.45) is 5.73 Å². The average molecular weight is 288 g/mol. The topological polar surface area (TPSA) is 38.5 Å². The standard InChI is InChI=1S/C18H28N2O/c1-3-18(2)12-15(9-11-21-18)20-13-14(8-10-19)16-6-4-5-7-17(16)20/h4-7,14-15H,3,8-13,19H2,1-2H3. The molecular weight excluding hydrogens is 260 g/mol. The van der Waals surface area contributed by atoms with Gasteiger partial charge in [0.2, 0.25) is 0 Å². The number of benzene rings is 1. The lowest BCUT2D eigenvalue weighted by Gasteiger charge is -2.42. The Morgan fingerprint density at radius 1 is 1.38 bits per heavy atom. The van der Waals surface area contributed by atoms with Crippen molar-refractivity contribution >= 4 is 5.69 Å². The lowest BCUT2D eigenvalue weighted by Crippen LogP contribution is -2.47. The summed E-state index contributed by atoms with van der Waals surface area (Å²) in [4.78, 5) is 2.63. The maximum atomic E-state index is 6.02. The molecule has 0 bridgehead atoms. The van der Waals surface area contributed by atoms with Crippen LogP contribution in [0.15, 0.2) is 24.3 Å². The minimum Gasteiger partial charge on any atom is -0.375 e. The molecule has 0 saturated carbocycles. The lowest BCUT2D eigenvalue weighted by atomic mass is 9.89. The van der Waals surface area contributed by atoms with Crippen molar-refractivity contribution in [2.45, 2.75) is 57.1 Å². The van der Waals surface area contributed by atoms with Crippen molar-refractivity contribution in [1.82, 2.24) is 0 Å². The van der Waals surface area contributed by atoms with E-state index in [0.29, 0.717) is 12.0 Å². The molecule has 0 aromatic heterocycles. The molecule has 2 aliphatic rings. The van der Waals surface area contributed by atoms with E-state index in [1.165, 1.54) is 11.3 Å². The fourth-order valence-corrected chi connectivity index (χ4v) is 3.94. The number of para-hydroxylation sites is 1. The Bertz CT molecular complexity index is 490. The van der Waals surface area contributed by atoms with Gasteiger partial charge in [-0.05, 0) is 50.8 Å². The first-order valence-electron chi connectivity index (χ1n) is 8.36. The highest BCUT2D eigenvalue weighted by atomic mass is 16.5. The van der Waals surface area contributed by atoms with Gasteiger partial charge in [0.25, 0.3) is 0 Å². The minimum atomic E-state index is 0.0455. The Labute approximate surface area is 128 Å². The van der Waals surface area contributed by atoms with Crippen LogP contribution in [0.25, 0.3) is 0 Å². The van der Waals surface area contributed by atoms with E-state index in [1.54, 1.807) is 0 Å². The number of hydrogen-bond donors (Lipinski definition) is 1.